The number of anilines is 1. The number of carbonyl (C=O) groups is 1. The number of nitrogens with two attached hydrogens (primary N) is 1. The largest absolute Gasteiger partial charge is 0.351 e. The molecule has 2 rings (SSSR count). The van der Waals surface area contributed by atoms with Crippen LogP contribution >= 0.6 is 34.8 Å². The lowest BCUT2D eigenvalue weighted by atomic mass is 10.0. The van der Waals surface area contributed by atoms with Gasteiger partial charge in [0.05, 0.1) is 10.7 Å². The van der Waals surface area contributed by atoms with Crippen molar-refractivity contribution in [3.05, 3.63) is 62.6 Å². The van der Waals surface area contributed by atoms with Crippen molar-refractivity contribution in [1.82, 2.24) is 0 Å². The predicted molar refractivity (Wildman–Crippen MR) is 83.9 cm³/mol. The number of carbonyl (C=O) groups excluding carboxylic acids is 1. The topological polar surface area (TPSA) is 55.1 Å². The molecule has 3 N–H and O–H groups in total. The fourth-order valence-electron chi connectivity index (χ4n) is 1.85. The van der Waals surface area contributed by atoms with Gasteiger partial charge in [0.15, 0.2) is 0 Å². The maximum absolute atomic E-state index is 11.1. The van der Waals surface area contributed by atoms with Crippen molar-refractivity contribution in [2.75, 3.05) is 5.32 Å². The van der Waals surface area contributed by atoms with Crippen LogP contribution in [0, 0.1) is 0 Å². The van der Waals surface area contributed by atoms with E-state index >= 15 is 0 Å². The zero-order valence-electron chi connectivity index (χ0n) is 10.3. The summed E-state index contributed by atoms with van der Waals surface area (Å²) in [6, 6.07) is 10.0. The Hall–Kier alpha value is -1.42. The van der Waals surface area contributed by atoms with E-state index in [0.29, 0.717) is 27.2 Å². The molecule has 0 unspecified atom stereocenters. The minimum atomic E-state index is -0.674. The zero-order chi connectivity index (χ0) is 14.7. The smallest absolute Gasteiger partial charge is 0.316 e. The summed E-state index contributed by atoms with van der Waals surface area (Å²) in [5.74, 6) is 0. The fraction of sp³-hybridized carbons (Fsp3) is 0.0714. The molecule has 0 bridgehead atoms. The maximum atomic E-state index is 11.1. The Bertz CT molecular complexity index is 642. The number of urea groups is 1. The molecule has 0 saturated carbocycles. The van der Waals surface area contributed by atoms with Crippen LogP contribution in [-0.2, 0) is 6.42 Å². The van der Waals surface area contributed by atoms with Crippen molar-refractivity contribution in [3.8, 4) is 0 Å². The minimum Gasteiger partial charge on any atom is -0.351 e. The first-order valence-corrected chi connectivity index (χ1v) is 6.88. The van der Waals surface area contributed by atoms with Crippen LogP contribution in [0.1, 0.15) is 11.1 Å². The van der Waals surface area contributed by atoms with E-state index in [1.807, 2.05) is 12.1 Å². The Morgan fingerprint density at radius 2 is 1.70 bits per heavy atom. The summed E-state index contributed by atoms with van der Waals surface area (Å²) in [4.78, 5) is 11.1. The summed E-state index contributed by atoms with van der Waals surface area (Å²) in [6.07, 6.45) is 0.549. The number of benzene rings is 2. The third-order valence-corrected chi connectivity index (χ3v) is 3.46. The van der Waals surface area contributed by atoms with E-state index in [-0.39, 0.29) is 0 Å². The van der Waals surface area contributed by atoms with Crippen LogP contribution in [0.3, 0.4) is 0 Å². The second kappa shape index (κ2) is 6.35. The number of hydrogen-bond donors (Lipinski definition) is 2. The Balaban J connectivity index is 2.38. The molecule has 0 aliphatic rings. The van der Waals surface area contributed by atoms with Gasteiger partial charge in [0, 0.05) is 10.0 Å². The summed E-state index contributed by atoms with van der Waals surface area (Å²) in [5, 5.41) is 4.03. The van der Waals surface area contributed by atoms with Crippen LogP contribution in [0.5, 0.6) is 0 Å². The lowest BCUT2D eigenvalue weighted by molar-refractivity contribution is 0.259. The molecule has 6 heteroatoms. The van der Waals surface area contributed by atoms with E-state index in [1.54, 1.807) is 24.3 Å². The van der Waals surface area contributed by atoms with Gasteiger partial charge in [-0.2, -0.15) is 0 Å². The number of nitrogens with one attached hydrogen (secondary N) is 1. The van der Waals surface area contributed by atoms with Gasteiger partial charge in [0.25, 0.3) is 0 Å². The van der Waals surface area contributed by atoms with Crippen molar-refractivity contribution in [1.29, 1.82) is 0 Å². The molecule has 2 amide bonds. The van der Waals surface area contributed by atoms with Crippen LogP contribution < -0.4 is 11.1 Å². The molecular formula is C14H11Cl3N2O. The monoisotopic (exact) mass is 328 g/mol. The van der Waals surface area contributed by atoms with Gasteiger partial charge in [-0.05, 0) is 41.8 Å². The van der Waals surface area contributed by atoms with Crippen LogP contribution in [0.25, 0.3) is 0 Å². The summed E-state index contributed by atoms with van der Waals surface area (Å²) in [7, 11) is 0. The molecule has 0 atom stereocenters. The van der Waals surface area contributed by atoms with E-state index in [0.717, 1.165) is 11.1 Å². The van der Waals surface area contributed by atoms with Crippen LogP contribution in [0.4, 0.5) is 10.5 Å². The predicted octanol–water partition coefficient (Wildman–Crippen LogP) is 4.73. The minimum absolute atomic E-state index is 0.347. The molecule has 104 valence electrons. The quantitative estimate of drug-likeness (QED) is 0.840. The third kappa shape index (κ3) is 3.79. The van der Waals surface area contributed by atoms with Gasteiger partial charge in [-0.15, -0.1) is 0 Å². The molecule has 0 aromatic heterocycles. The Labute approximate surface area is 131 Å². The second-order valence-corrected chi connectivity index (χ2v) is 5.49. The molecule has 0 aliphatic carbocycles. The highest BCUT2D eigenvalue weighted by Gasteiger charge is 2.11. The number of rotatable bonds is 3. The highest BCUT2D eigenvalue weighted by atomic mass is 35.5. The Morgan fingerprint density at radius 3 is 2.30 bits per heavy atom. The van der Waals surface area contributed by atoms with Gasteiger partial charge in [0.1, 0.15) is 0 Å². The Morgan fingerprint density at radius 1 is 1.05 bits per heavy atom. The van der Waals surface area contributed by atoms with Gasteiger partial charge in [-0.1, -0.05) is 46.9 Å². The van der Waals surface area contributed by atoms with Crippen molar-refractivity contribution < 1.29 is 4.79 Å². The van der Waals surface area contributed by atoms with E-state index in [2.05, 4.69) is 5.32 Å². The highest BCUT2D eigenvalue weighted by molar-refractivity contribution is 6.37. The lowest BCUT2D eigenvalue weighted by Crippen LogP contribution is -2.20. The highest BCUT2D eigenvalue weighted by Crippen LogP contribution is 2.31. The zero-order valence-corrected chi connectivity index (χ0v) is 12.6. The summed E-state index contributed by atoms with van der Waals surface area (Å²) < 4.78 is 0. The summed E-state index contributed by atoms with van der Waals surface area (Å²) >= 11 is 17.9. The average molecular weight is 330 g/mol. The molecule has 20 heavy (non-hydrogen) atoms. The van der Waals surface area contributed by atoms with Crippen molar-refractivity contribution in [2.45, 2.75) is 6.42 Å². The first kappa shape index (κ1) is 15.0. The second-order valence-electron chi connectivity index (χ2n) is 4.21. The molecule has 2 aromatic carbocycles. The number of primary amides is 1. The van der Waals surface area contributed by atoms with Gasteiger partial charge in [-0.3, -0.25) is 0 Å². The SMILES string of the molecule is NC(=O)Nc1c(Cl)cc(Cl)cc1Cc1ccc(Cl)cc1. The number of amides is 2. The standard InChI is InChI=1S/C14H11Cl3N2O/c15-10-3-1-8(2-4-10)5-9-6-11(16)7-12(17)13(9)19-14(18)20/h1-4,6-7H,5H2,(H3,18,19,20). The summed E-state index contributed by atoms with van der Waals surface area (Å²) in [5.41, 5.74) is 7.42. The van der Waals surface area contributed by atoms with Gasteiger partial charge in [0.2, 0.25) is 0 Å². The number of halogens is 3. The van der Waals surface area contributed by atoms with Crippen molar-refractivity contribution in [2.24, 2.45) is 5.73 Å². The van der Waals surface area contributed by atoms with Crippen LogP contribution in [-0.4, -0.2) is 6.03 Å². The van der Waals surface area contributed by atoms with Crippen LogP contribution in [0.15, 0.2) is 36.4 Å². The normalized spacial score (nSPS) is 10.3. The average Bonchev–Trinajstić information content (AvgIpc) is 2.36. The molecule has 0 aliphatic heterocycles. The van der Waals surface area contributed by atoms with E-state index < -0.39 is 6.03 Å². The summed E-state index contributed by atoms with van der Waals surface area (Å²) in [6.45, 7) is 0. The molecule has 0 spiro atoms. The maximum Gasteiger partial charge on any atom is 0.316 e. The molecule has 0 heterocycles. The van der Waals surface area contributed by atoms with Gasteiger partial charge < -0.3 is 11.1 Å². The van der Waals surface area contributed by atoms with Crippen molar-refractivity contribution in [3.63, 3.8) is 0 Å². The molecule has 0 saturated heterocycles. The molecule has 0 radical (unpaired) electrons. The van der Waals surface area contributed by atoms with E-state index in [9.17, 15) is 4.79 Å². The molecule has 0 fully saturated rings. The van der Waals surface area contributed by atoms with Gasteiger partial charge in [-0.25, -0.2) is 4.79 Å². The Kier molecular flexibility index (Phi) is 4.76. The molecular weight excluding hydrogens is 319 g/mol. The molecule has 2 aromatic rings. The van der Waals surface area contributed by atoms with E-state index in [4.69, 9.17) is 40.5 Å². The van der Waals surface area contributed by atoms with Crippen molar-refractivity contribution >= 4 is 46.5 Å². The van der Waals surface area contributed by atoms with E-state index in [1.165, 1.54) is 0 Å². The molecule has 3 nitrogen and oxygen atoms in total. The number of hydrogen-bond acceptors (Lipinski definition) is 1. The first-order valence-electron chi connectivity index (χ1n) is 5.74. The van der Waals surface area contributed by atoms with Gasteiger partial charge >= 0.3 is 6.03 Å². The first-order chi connectivity index (χ1) is 9.45. The lowest BCUT2D eigenvalue weighted by Gasteiger charge is -2.12. The third-order valence-electron chi connectivity index (χ3n) is 2.69. The fourth-order valence-corrected chi connectivity index (χ4v) is 2.56. The van der Waals surface area contributed by atoms with Crippen LogP contribution in [0.2, 0.25) is 15.1 Å².